The summed E-state index contributed by atoms with van der Waals surface area (Å²) in [6.45, 7) is 1.45. The van der Waals surface area contributed by atoms with Gasteiger partial charge in [-0.3, -0.25) is 9.59 Å². The number of nitrogens with one attached hydrogen (secondary N) is 1. The quantitative estimate of drug-likeness (QED) is 0.297. The zero-order valence-electron chi connectivity index (χ0n) is 18.3. The molecule has 1 N–H and O–H groups in total. The van der Waals surface area contributed by atoms with Crippen LogP contribution in [0.5, 0.6) is 5.75 Å². The lowest BCUT2D eigenvalue weighted by Gasteiger charge is -2.20. The molecule has 0 unspecified atom stereocenters. The highest BCUT2D eigenvalue weighted by atomic mass is 79.9. The number of halogens is 1. The van der Waals surface area contributed by atoms with Gasteiger partial charge in [0.15, 0.2) is 18.2 Å². The molecule has 0 aromatic heterocycles. The van der Waals surface area contributed by atoms with Crippen LogP contribution in [0.4, 0.5) is 5.69 Å². The number of hydrogen-bond acceptors (Lipinski definition) is 6. The van der Waals surface area contributed by atoms with Crippen LogP contribution in [0.15, 0.2) is 77.3 Å². The lowest BCUT2D eigenvalue weighted by molar-refractivity contribution is -0.143. The number of esters is 1. The van der Waals surface area contributed by atoms with Gasteiger partial charge in [0.25, 0.3) is 0 Å². The summed E-state index contributed by atoms with van der Waals surface area (Å²) in [5, 5.41) is 3.11. The molecule has 0 amide bonds. The molecule has 6 nitrogen and oxygen atoms in total. The summed E-state index contributed by atoms with van der Waals surface area (Å²) in [7, 11) is 1.51. The first-order valence-electron chi connectivity index (χ1n) is 10.3. The van der Waals surface area contributed by atoms with Gasteiger partial charge in [0.1, 0.15) is 11.8 Å². The highest BCUT2D eigenvalue weighted by Gasteiger charge is 2.25. The Morgan fingerprint density at radius 1 is 0.909 bits per heavy atom. The third-order valence-electron chi connectivity index (χ3n) is 5.03. The summed E-state index contributed by atoms with van der Waals surface area (Å²) >= 11 is 3.42. The molecule has 7 heteroatoms. The first-order valence-corrected chi connectivity index (χ1v) is 11.1. The van der Waals surface area contributed by atoms with Gasteiger partial charge in [-0.1, -0.05) is 58.4 Å². The van der Waals surface area contributed by atoms with E-state index in [0.29, 0.717) is 22.6 Å². The predicted octanol–water partition coefficient (Wildman–Crippen LogP) is 5.25. The molecule has 3 aromatic rings. The lowest BCUT2D eigenvalue weighted by atomic mass is 10.0. The fourth-order valence-corrected chi connectivity index (χ4v) is 3.69. The Morgan fingerprint density at radius 3 is 2.33 bits per heavy atom. The van der Waals surface area contributed by atoms with Gasteiger partial charge in [-0.2, -0.15) is 0 Å². The van der Waals surface area contributed by atoms with Crippen molar-refractivity contribution in [2.75, 3.05) is 19.0 Å². The van der Waals surface area contributed by atoms with E-state index in [0.717, 1.165) is 10.0 Å². The average molecular weight is 510 g/mol. The molecule has 33 heavy (non-hydrogen) atoms. The maximum Gasteiger partial charge on any atom is 0.329 e. The van der Waals surface area contributed by atoms with E-state index in [4.69, 9.17) is 9.47 Å². The van der Waals surface area contributed by atoms with E-state index in [1.165, 1.54) is 7.11 Å². The number of carbonyl (C=O) groups excluding carboxylic acids is 3. The lowest BCUT2D eigenvalue weighted by Crippen LogP contribution is -2.35. The van der Waals surface area contributed by atoms with Crippen LogP contribution in [0.2, 0.25) is 0 Å². The molecule has 0 aliphatic rings. The summed E-state index contributed by atoms with van der Waals surface area (Å²) in [5.41, 5.74) is 2.45. The minimum Gasteiger partial charge on any atom is -0.497 e. The van der Waals surface area contributed by atoms with Crippen molar-refractivity contribution >= 4 is 39.2 Å². The van der Waals surface area contributed by atoms with Gasteiger partial charge in [0.2, 0.25) is 0 Å². The van der Waals surface area contributed by atoms with E-state index in [1.807, 2.05) is 31.2 Å². The van der Waals surface area contributed by atoms with Crippen LogP contribution in [0.1, 0.15) is 32.7 Å². The highest BCUT2D eigenvalue weighted by Crippen LogP contribution is 2.22. The third kappa shape index (κ3) is 6.76. The molecular formula is C26H24BrNO5. The largest absolute Gasteiger partial charge is 0.497 e. The second-order valence-corrected chi connectivity index (χ2v) is 8.33. The van der Waals surface area contributed by atoms with Crippen LogP contribution < -0.4 is 10.1 Å². The summed E-state index contributed by atoms with van der Waals surface area (Å²) < 4.78 is 11.3. The van der Waals surface area contributed by atoms with Crippen molar-refractivity contribution in [1.82, 2.24) is 0 Å². The molecule has 0 radical (unpaired) electrons. The van der Waals surface area contributed by atoms with E-state index in [9.17, 15) is 14.4 Å². The number of anilines is 1. The Kier molecular flexibility index (Phi) is 8.38. The van der Waals surface area contributed by atoms with Gasteiger partial charge >= 0.3 is 5.97 Å². The molecule has 3 rings (SSSR count). The Morgan fingerprint density at radius 2 is 1.64 bits per heavy atom. The monoisotopic (exact) mass is 509 g/mol. The van der Waals surface area contributed by atoms with Crippen LogP contribution in [-0.4, -0.2) is 37.3 Å². The van der Waals surface area contributed by atoms with Gasteiger partial charge in [-0.15, -0.1) is 0 Å². The first kappa shape index (κ1) is 24.2. The SMILES string of the molecule is COc1cccc(C(=O)COC(=O)[C@@H](CC(=O)c2ccccc2)Nc2ccc(Br)cc2C)c1. The van der Waals surface area contributed by atoms with Gasteiger partial charge < -0.3 is 14.8 Å². The Bertz CT molecular complexity index is 1150. The van der Waals surface area contributed by atoms with Crippen molar-refractivity contribution in [1.29, 1.82) is 0 Å². The zero-order valence-corrected chi connectivity index (χ0v) is 19.9. The Balaban J connectivity index is 1.74. The zero-order chi connectivity index (χ0) is 23.8. The number of aryl methyl sites for hydroxylation is 1. The third-order valence-corrected chi connectivity index (χ3v) is 5.52. The van der Waals surface area contributed by atoms with Gasteiger partial charge in [0.05, 0.1) is 7.11 Å². The van der Waals surface area contributed by atoms with E-state index in [1.54, 1.807) is 48.5 Å². The summed E-state index contributed by atoms with van der Waals surface area (Å²) in [6.07, 6.45) is -0.119. The predicted molar refractivity (Wildman–Crippen MR) is 130 cm³/mol. The highest BCUT2D eigenvalue weighted by molar-refractivity contribution is 9.10. The number of ketones is 2. The molecule has 0 fully saturated rings. The Labute approximate surface area is 201 Å². The topological polar surface area (TPSA) is 81.7 Å². The Hall–Kier alpha value is -3.45. The molecule has 0 heterocycles. The number of carbonyl (C=O) groups is 3. The van der Waals surface area contributed by atoms with Crippen molar-refractivity contribution < 1.29 is 23.9 Å². The molecule has 0 aliphatic heterocycles. The number of methoxy groups -OCH3 is 1. The van der Waals surface area contributed by atoms with Crippen LogP contribution in [0.25, 0.3) is 0 Å². The summed E-state index contributed by atoms with van der Waals surface area (Å²) in [6, 6.07) is 19.9. The number of benzene rings is 3. The van der Waals surface area contributed by atoms with Crippen LogP contribution in [0, 0.1) is 6.92 Å². The number of rotatable bonds is 10. The maximum absolute atomic E-state index is 12.9. The molecule has 3 aromatic carbocycles. The first-order chi connectivity index (χ1) is 15.9. The minimum atomic E-state index is -0.962. The van der Waals surface area contributed by atoms with Gasteiger partial charge in [-0.25, -0.2) is 4.79 Å². The van der Waals surface area contributed by atoms with Gasteiger partial charge in [0, 0.05) is 27.7 Å². The molecule has 0 spiro atoms. The molecule has 170 valence electrons. The average Bonchev–Trinajstić information content (AvgIpc) is 2.83. The molecule has 0 aliphatic carbocycles. The smallest absolute Gasteiger partial charge is 0.329 e. The fraction of sp³-hybridized carbons (Fsp3) is 0.192. The van der Waals surface area contributed by atoms with E-state index < -0.39 is 18.6 Å². The minimum absolute atomic E-state index is 0.119. The maximum atomic E-state index is 12.9. The molecule has 0 saturated heterocycles. The van der Waals surface area contributed by atoms with Crippen molar-refractivity contribution in [3.8, 4) is 5.75 Å². The number of hydrogen-bond donors (Lipinski definition) is 1. The van der Waals surface area contributed by atoms with Crippen molar-refractivity contribution in [3.05, 3.63) is 94.0 Å². The summed E-state index contributed by atoms with van der Waals surface area (Å²) in [5.74, 6) is -0.724. The van der Waals surface area contributed by atoms with Crippen molar-refractivity contribution in [3.63, 3.8) is 0 Å². The van der Waals surface area contributed by atoms with Crippen LogP contribution >= 0.6 is 15.9 Å². The second kappa shape index (κ2) is 11.4. The van der Waals surface area contributed by atoms with E-state index in [-0.39, 0.29) is 18.0 Å². The van der Waals surface area contributed by atoms with Gasteiger partial charge in [-0.05, 0) is 42.8 Å². The van der Waals surface area contributed by atoms with Crippen molar-refractivity contribution in [2.45, 2.75) is 19.4 Å². The molecule has 0 bridgehead atoms. The van der Waals surface area contributed by atoms with Crippen LogP contribution in [-0.2, 0) is 9.53 Å². The van der Waals surface area contributed by atoms with E-state index >= 15 is 0 Å². The van der Waals surface area contributed by atoms with Crippen LogP contribution in [0.3, 0.4) is 0 Å². The second-order valence-electron chi connectivity index (χ2n) is 7.41. The molecule has 1 atom stereocenters. The molecular weight excluding hydrogens is 486 g/mol. The number of ether oxygens (including phenoxy) is 2. The standard InChI is InChI=1S/C26H24BrNO5/c1-17-13-20(27)11-12-22(17)28-23(15-24(29)18-7-4-3-5-8-18)26(31)33-16-25(30)19-9-6-10-21(14-19)32-2/h3-14,23,28H,15-16H2,1-2H3/t23-/m1/s1. The number of Topliss-reactive ketones (excluding diaryl/α,β-unsaturated/α-hetero) is 2. The molecule has 0 saturated carbocycles. The summed E-state index contributed by atoms with van der Waals surface area (Å²) in [4.78, 5) is 38.2. The van der Waals surface area contributed by atoms with E-state index in [2.05, 4.69) is 21.2 Å². The normalized spacial score (nSPS) is 11.4. The van der Waals surface area contributed by atoms with Crippen molar-refractivity contribution in [2.24, 2.45) is 0 Å². The fourth-order valence-electron chi connectivity index (χ4n) is 3.21.